The van der Waals surface area contributed by atoms with Crippen LogP contribution in [-0.4, -0.2) is 21.8 Å². The van der Waals surface area contributed by atoms with E-state index in [0.29, 0.717) is 18.1 Å². The van der Waals surface area contributed by atoms with Crippen LogP contribution in [0, 0.1) is 5.92 Å². The zero-order valence-electron chi connectivity index (χ0n) is 13.9. The van der Waals surface area contributed by atoms with E-state index in [2.05, 4.69) is 26.8 Å². The molecule has 0 spiro atoms. The van der Waals surface area contributed by atoms with Crippen molar-refractivity contribution in [3.63, 3.8) is 0 Å². The largest absolute Gasteiger partial charge is 0.507 e. The number of phenols is 1. The lowest BCUT2D eigenvalue weighted by molar-refractivity contribution is -0.136. The zero-order valence-corrected chi connectivity index (χ0v) is 13.9. The molecule has 2 aliphatic rings. The number of aliphatic carboxylic acids is 1. The van der Waals surface area contributed by atoms with Gasteiger partial charge >= 0.3 is 5.97 Å². The molecule has 1 unspecified atom stereocenters. The summed E-state index contributed by atoms with van der Waals surface area (Å²) in [6.45, 7) is 6.34. The van der Waals surface area contributed by atoms with E-state index in [9.17, 15) is 9.90 Å². The number of carboxylic acids is 1. The van der Waals surface area contributed by atoms with E-state index in [1.54, 1.807) is 6.07 Å². The number of allylic oxidation sites excluding steroid dienone is 2. The van der Waals surface area contributed by atoms with Gasteiger partial charge in [-0.1, -0.05) is 11.6 Å². The third-order valence-electron chi connectivity index (χ3n) is 5.15. The number of carboxylic acid groups (broad SMARTS) is 1. The summed E-state index contributed by atoms with van der Waals surface area (Å²) in [5, 5.41) is 19.4. The van der Waals surface area contributed by atoms with Gasteiger partial charge < -0.3 is 14.9 Å². The van der Waals surface area contributed by atoms with Crippen molar-refractivity contribution in [2.45, 2.75) is 58.0 Å². The second kappa shape index (κ2) is 5.59. The molecule has 0 fully saturated rings. The van der Waals surface area contributed by atoms with E-state index in [4.69, 9.17) is 9.84 Å². The highest BCUT2D eigenvalue weighted by Gasteiger charge is 2.45. The molecule has 3 rings (SSSR count). The Hall–Kier alpha value is -1.97. The minimum atomic E-state index is -0.839. The van der Waals surface area contributed by atoms with Gasteiger partial charge in [0.15, 0.2) is 0 Å². The highest BCUT2D eigenvalue weighted by Crippen LogP contribution is 2.53. The van der Waals surface area contributed by atoms with Crippen molar-refractivity contribution < 1.29 is 19.7 Å². The second-order valence-corrected chi connectivity index (χ2v) is 7.31. The molecule has 2 N–H and O–H groups in total. The van der Waals surface area contributed by atoms with Crippen LogP contribution in [-0.2, 0) is 11.2 Å². The van der Waals surface area contributed by atoms with Crippen LogP contribution >= 0.6 is 0 Å². The molecule has 2 atom stereocenters. The second-order valence-electron chi connectivity index (χ2n) is 7.31. The highest BCUT2D eigenvalue weighted by atomic mass is 16.5. The number of aryl methyl sites for hydroxylation is 1. The summed E-state index contributed by atoms with van der Waals surface area (Å²) in [7, 11) is 0. The number of ether oxygens (including phenoxy) is 1. The van der Waals surface area contributed by atoms with E-state index in [1.807, 2.05) is 6.07 Å². The van der Waals surface area contributed by atoms with Gasteiger partial charge in [-0.05, 0) is 57.7 Å². The summed E-state index contributed by atoms with van der Waals surface area (Å²) < 4.78 is 6.22. The van der Waals surface area contributed by atoms with Crippen molar-refractivity contribution in [2.24, 2.45) is 5.92 Å². The number of phenolic OH excluding ortho intramolecular Hbond substituents is 1. The highest BCUT2D eigenvalue weighted by molar-refractivity contribution is 5.67. The lowest BCUT2D eigenvalue weighted by atomic mass is 9.68. The van der Waals surface area contributed by atoms with Gasteiger partial charge in [-0.3, -0.25) is 4.79 Å². The fourth-order valence-electron chi connectivity index (χ4n) is 3.97. The smallest absolute Gasteiger partial charge is 0.303 e. The number of fused-ring (bicyclic) bond motifs is 3. The van der Waals surface area contributed by atoms with Crippen LogP contribution in [0.3, 0.4) is 0 Å². The van der Waals surface area contributed by atoms with E-state index in [-0.39, 0.29) is 23.7 Å². The molecule has 1 aromatic rings. The quantitative estimate of drug-likeness (QED) is 0.827. The Morgan fingerprint density at radius 1 is 1.39 bits per heavy atom. The Morgan fingerprint density at radius 2 is 2.13 bits per heavy atom. The predicted octanol–water partition coefficient (Wildman–Crippen LogP) is 4.02. The third-order valence-corrected chi connectivity index (χ3v) is 5.15. The van der Waals surface area contributed by atoms with Crippen LogP contribution < -0.4 is 4.74 Å². The SMILES string of the molecule is CC1=CC2c3c(O)cc(CCC(=O)O)cc3OC(C)(C)[C@@H]2CC1. The normalized spacial score (nSPS) is 24.9. The van der Waals surface area contributed by atoms with Gasteiger partial charge in [-0.2, -0.15) is 0 Å². The molecule has 0 radical (unpaired) electrons. The van der Waals surface area contributed by atoms with Gasteiger partial charge in [-0.15, -0.1) is 0 Å². The van der Waals surface area contributed by atoms with Crippen LogP contribution in [0.15, 0.2) is 23.8 Å². The molecule has 1 aromatic carbocycles. The molecule has 1 aliphatic carbocycles. The molecule has 0 amide bonds. The Morgan fingerprint density at radius 3 is 2.83 bits per heavy atom. The summed E-state index contributed by atoms with van der Waals surface area (Å²) in [6, 6.07) is 3.59. The fourth-order valence-corrected chi connectivity index (χ4v) is 3.97. The van der Waals surface area contributed by atoms with E-state index < -0.39 is 5.97 Å². The molecule has 0 aromatic heterocycles. The topological polar surface area (TPSA) is 66.8 Å². The number of rotatable bonds is 3. The Labute approximate surface area is 136 Å². The van der Waals surface area contributed by atoms with E-state index in [0.717, 1.165) is 24.0 Å². The van der Waals surface area contributed by atoms with Crippen molar-refractivity contribution in [3.05, 3.63) is 34.9 Å². The first-order valence-electron chi connectivity index (χ1n) is 8.22. The van der Waals surface area contributed by atoms with E-state index >= 15 is 0 Å². The first kappa shape index (κ1) is 15.9. The summed E-state index contributed by atoms with van der Waals surface area (Å²) in [6.07, 6.45) is 4.82. The summed E-state index contributed by atoms with van der Waals surface area (Å²) in [5.41, 5.74) is 2.71. The molecule has 1 heterocycles. The predicted molar refractivity (Wildman–Crippen MR) is 88.0 cm³/mol. The maximum Gasteiger partial charge on any atom is 0.303 e. The molecule has 4 nitrogen and oxygen atoms in total. The third kappa shape index (κ3) is 2.94. The average molecular weight is 316 g/mol. The number of hydrogen-bond acceptors (Lipinski definition) is 3. The summed E-state index contributed by atoms with van der Waals surface area (Å²) in [5.74, 6) is 0.585. The van der Waals surface area contributed by atoms with Gasteiger partial charge in [0, 0.05) is 23.8 Å². The van der Waals surface area contributed by atoms with Crippen LogP contribution in [0.2, 0.25) is 0 Å². The van der Waals surface area contributed by atoms with Crippen molar-refractivity contribution in [3.8, 4) is 11.5 Å². The van der Waals surface area contributed by atoms with Crippen molar-refractivity contribution in [2.75, 3.05) is 0 Å². The van der Waals surface area contributed by atoms with E-state index in [1.165, 1.54) is 5.57 Å². The van der Waals surface area contributed by atoms with Crippen LogP contribution in [0.25, 0.3) is 0 Å². The molecule has 23 heavy (non-hydrogen) atoms. The van der Waals surface area contributed by atoms with Gasteiger partial charge in [0.05, 0.1) is 0 Å². The van der Waals surface area contributed by atoms with Crippen molar-refractivity contribution in [1.29, 1.82) is 0 Å². The Balaban J connectivity index is 2.04. The molecular formula is C19H24O4. The molecule has 0 saturated heterocycles. The van der Waals surface area contributed by atoms with Crippen LogP contribution in [0.5, 0.6) is 11.5 Å². The maximum atomic E-state index is 10.8. The maximum absolute atomic E-state index is 10.8. The lowest BCUT2D eigenvalue weighted by Crippen LogP contribution is -2.45. The van der Waals surface area contributed by atoms with Crippen molar-refractivity contribution >= 4 is 5.97 Å². The molecular weight excluding hydrogens is 292 g/mol. The molecule has 0 saturated carbocycles. The summed E-state index contributed by atoms with van der Waals surface area (Å²) in [4.78, 5) is 10.8. The first-order chi connectivity index (χ1) is 10.8. The molecule has 0 bridgehead atoms. The van der Waals surface area contributed by atoms with Crippen molar-refractivity contribution in [1.82, 2.24) is 0 Å². The van der Waals surface area contributed by atoms with Gasteiger partial charge in [-0.25, -0.2) is 0 Å². The van der Waals surface area contributed by atoms with Gasteiger partial charge in [0.1, 0.15) is 17.1 Å². The molecule has 124 valence electrons. The fraction of sp³-hybridized carbons (Fsp3) is 0.526. The minimum absolute atomic E-state index is 0.0483. The van der Waals surface area contributed by atoms with Gasteiger partial charge in [0.25, 0.3) is 0 Å². The first-order valence-corrected chi connectivity index (χ1v) is 8.22. The number of aromatic hydroxyl groups is 1. The minimum Gasteiger partial charge on any atom is -0.507 e. The lowest BCUT2D eigenvalue weighted by Gasteiger charge is -2.46. The summed E-state index contributed by atoms with van der Waals surface area (Å²) >= 11 is 0. The zero-order chi connectivity index (χ0) is 16.8. The standard InChI is InChI=1S/C19H24O4/c1-11-4-6-14-13(8-11)18-15(20)9-12(5-7-17(21)22)10-16(18)23-19(14,2)3/h8-10,13-14,20H,4-7H2,1-3H3,(H,21,22)/t13?,14-/m1/s1. The Bertz CT molecular complexity index is 672. The number of benzene rings is 1. The number of hydrogen-bond donors (Lipinski definition) is 2. The Kier molecular flexibility index (Phi) is 3.86. The van der Waals surface area contributed by atoms with Gasteiger partial charge in [0.2, 0.25) is 0 Å². The average Bonchev–Trinajstić information content (AvgIpc) is 2.43. The molecule has 1 aliphatic heterocycles. The van der Waals surface area contributed by atoms with Crippen LogP contribution in [0.1, 0.15) is 57.1 Å². The monoisotopic (exact) mass is 316 g/mol. The number of carbonyl (C=O) groups is 1. The molecule has 4 heteroatoms. The van der Waals surface area contributed by atoms with Crippen LogP contribution in [0.4, 0.5) is 0 Å².